The van der Waals surface area contributed by atoms with Crippen LogP contribution in [-0.4, -0.2) is 9.55 Å². The molecule has 0 aliphatic carbocycles. The molecule has 28 heavy (non-hydrogen) atoms. The predicted molar refractivity (Wildman–Crippen MR) is 108 cm³/mol. The van der Waals surface area contributed by atoms with Crippen molar-refractivity contribution in [3.63, 3.8) is 0 Å². The molecule has 0 amide bonds. The average molecular weight is 387 g/mol. The van der Waals surface area contributed by atoms with E-state index < -0.39 is 0 Å². The maximum atomic E-state index is 13.4. The van der Waals surface area contributed by atoms with Crippen molar-refractivity contribution in [1.82, 2.24) is 9.55 Å². The second kappa shape index (κ2) is 7.67. The van der Waals surface area contributed by atoms with Gasteiger partial charge >= 0.3 is 0 Å². The molecule has 0 saturated carbocycles. The number of benzene rings is 3. The summed E-state index contributed by atoms with van der Waals surface area (Å²) >= 11 is 1.42. The van der Waals surface area contributed by atoms with Gasteiger partial charge in [-0.2, -0.15) is 5.26 Å². The van der Waals surface area contributed by atoms with Gasteiger partial charge in [0.25, 0.3) is 5.56 Å². The third-order valence-corrected chi connectivity index (χ3v) is 5.29. The lowest BCUT2D eigenvalue weighted by molar-refractivity contribution is 0.627. The summed E-state index contributed by atoms with van der Waals surface area (Å²) in [7, 11) is 0. The molecule has 0 fully saturated rings. The third-order valence-electron chi connectivity index (χ3n) is 4.28. The van der Waals surface area contributed by atoms with Gasteiger partial charge in [0.2, 0.25) is 0 Å². The highest BCUT2D eigenvalue weighted by Crippen LogP contribution is 2.25. The van der Waals surface area contributed by atoms with Gasteiger partial charge in [-0.15, -0.1) is 0 Å². The van der Waals surface area contributed by atoms with Gasteiger partial charge in [-0.05, 0) is 54.1 Å². The monoisotopic (exact) mass is 387 g/mol. The van der Waals surface area contributed by atoms with E-state index in [0.29, 0.717) is 33.1 Å². The van der Waals surface area contributed by atoms with Crippen LogP contribution in [0.15, 0.2) is 82.7 Å². The van der Waals surface area contributed by atoms with Gasteiger partial charge in [-0.25, -0.2) is 9.37 Å². The first-order chi connectivity index (χ1) is 13.7. The van der Waals surface area contributed by atoms with E-state index >= 15 is 0 Å². The third kappa shape index (κ3) is 3.53. The molecule has 6 heteroatoms. The van der Waals surface area contributed by atoms with Gasteiger partial charge in [0.1, 0.15) is 5.82 Å². The number of halogens is 1. The van der Waals surface area contributed by atoms with E-state index in [1.54, 1.807) is 42.5 Å². The summed E-state index contributed by atoms with van der Waals surface area (Å²) in [4.78, 5) is 17.8. The van der Waals surface area contributed by atoms with Crippen LogP contribution >= 0.6 is 11.8 Å². The summed E-state index contributed by atoms with van der Waals surface area (Å²) in [5.41, 5.74) is 2.59. The Morgan fingerprint density at radius 2 is 1.71 bits per heavy atom. The summed E-state index contributed by atoms with van der Waals surface area (Å²) in [6.45, 7) is 0. The van der Waals surface area contributed by atoms with E-state index in [-0.39, 0.29) is 11.4 Å². The quantitative estimate of drug-likeness (QED) is 0.377. The number of thioether (sulfide) groups is 1. The van der Waals surface area contributed by atoms with Crippen molar-refractivity contribution in [2.45, 2.75) is 10.9 Å². The molecule has 4 aromatic rings. The standard InChI is InChI=1S/C22H14FN3OS/c23-17-9-11-18(12-10-17)26-21(27)19-3-1-2-4-20(19)25-22(26)28-14-16-7-5-15(13-24)6-8-16/h1-12H,14H2. The lowest BCUT2D eigenvalue weighted by atomic mass is 10.2. The maximum absolute atomic E-state index is 13.4. The Morgan fingerprint density at radius 1 is 1.00 bits per heavy atom. The van der Waals surface area contributed by atoms with E-state index in [2.05, 4.69) is 11.1 Å². The Labute approximate surface area is 164 Å². The van der Waals surface area contributed by atoms with Gasteiger partial charge in [0, 0.05) is 5.75 Å². The van der Waals surface area contributed by atoms with Gasteiger partial charge in [0.05, 0.1) is 28.2 Å². The van der Waals surface area contributed by atoms with Crippen LogP contribution in [0.1, 0.15) is 11.1 Å². The van der Waals surface area contributed by atoms with Crippen LogP contribution in [0.4, 0.5) is 4.39 Å². The molecule has 0 spiro atoms. The minimum atomic E-state index is -0.364. The molecule has 0 N–H and O–H groups in total. The first kappa shape index (κ1) is 18.0. The Bertz CT molecular complexity index is 1240. The molecule has 4 nitrogen and oxygen atoms in total. The van der Waals surface area contributed by atoms with Crippen molar-refractivity contribution in [1.29, 1.82) is 5.26 Å². The molecular formula is C22H14FN3OS. The fraction of sp³-hybridized carbons (Fsp3) is 0.0455. The van der Waals surface area contributed by atoms with Crippen molar-refractivity contribution < 1.29 is 4.39 Å². The molecular weight excluding hydrogens is 373 g/mol. The largest absolute Gasteiger partial charge is 0.268 e. The van der Waals surface area contributed by atoms with Crippen LogP contribution in [0.5, 0.6) is 0 Å². The number of para-hydroxylation sites is 1. The fourth-order valence-corrected chi connectivity index (χ4v) is 3.82. The van der Waals surface area contributed by atoms with Crippen molar-refractivity contribution in [3.8, 4) is 11.8 Å². The fourth-order valence-electron chi connectivity index (χ4n) is 2.85. The lowest BCUT2D eigenvalue weighted by Crippen LogP contribution is -2.21. The minimum Gasteiger partial charge on any atom is -0.268 e. The Balaban J connectivity index is 1.79. The molecule has 0 bridgehead atoms. The zero-order chi connectivity index (χ0) is 19.5. The van der Waals surface area contributed by atoms with Crippen LogP contribution < -0.4 is 5.56 Å². The predicted octanol–water partition coefficient (Wildman–Crippen LogP) is 4.69. The number of nitriles is 1. The molecule has 0 atom stereocenters. The highest BCUT2D eigenvalue weighted by Gasteiger charge is 2.13. The van der Waals surface area contributed by atoms with Gasteiger partial charge in [-0.3, -0.25) is 9.36 Å². The van der Waals surface area contributed by atoms with E-state index in [0.717, 1.165) is 5.56 Å². The molecule has 0 unspecified atom stereocenters. The maximum Gasteiger partial charge on any atom is 0.266 e. The number of fused-ring (bicyclic) bond motifs is 1. The van der Waals surface area contributed by atoms with Crippen molar-refractivity contribution >= 4 is 22.7 Å². The topological polar surface area (TPSA) is 58.7 Å². The second-order valence-electron chi connectivity index (χ2n) is 6.13. The van der Waals surface area contributed by atoms with Gasteiger partial charge < -0.3 is 0 Å². The first-order valence-corrected chi connectivity index (χ1v) is 9.54. The summed E-state index contributed by atoms with van der Waals surface area (Å²) in [5.74, 6) is 0.217. The number of rotatable bonds is 4. The zero-order valence-electron chi connectivity index (χ0n) is 14.7. The highest BCUT2D eigenvalue weighted by atomic mass is 32.2. The summed E-state index contributed by atoms with van der Waals surface area (Å²) in [5, 5.41) is 9.96. The Morgan fingerprint density at radius 3 is 2.43 bits per heavy atom. The molecule has 0 aliphatic rings. The number of aromatic nitrogens is 2. The van der Waals surface area contributed by atoms with E-state index in [4.69, 9.17) is 5.26 Å². The zero-order valence-corrected chi connectivity index (χ0v) is 15.5. The molecule has 0 aliphatic heterocycles. The SMILES string of the molecule is N#Cc1ccc(CSc2nc3ccccc3c(=O)n2-c2ccc(F)cc2)cc1. The number of hydrogen-bond donors (Lipinski definition) is 0. The number of hydrogen-bond acceptors (Lipinski definition) is 4. The summed E-state index contributed by atoms with van der Waals surface area (Å²) in [6.07, 6.45) is 0. The molecule has 0 saturated heterocycles. The molecule has 0 radical (unpaired) electrons. The lowest BCUT2D eigenvalue weighted by Gasteiger charge is -2.13. The van der Waals surface area contributed by atoms with E-state index in [1.807, 2.05) is 18.2 Å². The van der Waals surface area contributed by atoms with E-state index in [1.165, 1.54) is 28.5 Å². The van der Waals surface area contributed by atoms with Crippen LogP contribution in [0, 0.1) is 17.1 Å². The van der Waals surface area contributed by atoms with E-state index in [9.17, 15) is 9.18 Å². The normalized spacial score (nSPS) is 10.7. The smallest absolute Gasteiger partial charge is 0.266 e. The van der Waals surface area contributed by atoms with Crippen molar-refractivity contribution in [2.75, 3.05) is 0 Å². The second-order valence-corrected chi connectivity index (χ2v) is 7.07. The minimum absolute atomic E-state index is 0.195. The summed E-state index contributed by atoms with van der Waals surface area (Å²) < 4.78 is 14.9. The van der Waals surface area contributed by atoms with Crippen LogP contribution in [0.3, 0.4) is 0 Å². The summed E-state index contributed by atoms with van der Waals surface area (Å²) in [6, 6.07) is 22.3. The van der Waals surface area contributed by atoms with Crippen molar-refractivity contribution in [2.24, 2.45) is 0 Å². The average Bonchev–Trinajstić information content (AvgIpc) is 2.74. The Hall–Kier alpha value is -3.43. The first-order valence-electron chi connectivity index (χ1n) is 8.55. The van der Waals surface area contributed by atoms with Crippen molar-refractivity contribution in [3.05, 3.63) is 100 Å². The highest BCUT2D eigenvalue weighted by molar-refractivity contribution is 7.98. The van der Waals surface area contributed by atoms with Gasteiger partial charge in [0.15, 0.2) is 5.16 Å². The molecule has 136 valence electrons. The van der Waals surface area contributed by atoms with Crippen LogP contribution in [-0.2, 0) is 5.75 Å². The van der Waals surface area contributed by atoms with Crippen LogP contribution in [0.2, 0.25) is 0 Å². The van der Waals surface area contributed by atoms with Crippen LogP contribution in [0.25, 0.3) is 16.6 Å². The molecule has 1 heterocycles. The molecule has 3 aromatic carbocycles. The number of nitrogens with zero attached hydrogens (tertiary/aromatic N) is 3. The Kier molecular flexibility index (Phi) is 4.92. The molecule has 4 rings (SSSR count). The van der Waals surface area contributed by atoms with Gasteiger partial charge in [-0.1, -0.05) is 36.0 Å². The molecule has 1 aromatic heterocycles.